The van der Waals surface area contributed by atoms with Gasteiger partial charge in [-0.3, -0.25) is 4.90 Å². The third-order valence-electron chi connectivity index (χ3n) is 5.26. The zero-order valence-corrected chi connectivity index (χ0v) is 20.9. The molecule has 4 rings (SSSR count). The Morgan fingerprint density at radius 3 is 2.68 bits per heavy atom. The normalized spacial score (nSPS) is 15.5. The van der Waals surface area contributed by atoms with E-state index in [9.17, 15) is 0 Å². The fourth-order valence-electron chi connectivity index (χ4n) is 3.77. The van der Waals surface area contributed by atoms with E-state index in [1.54, 1.807) is 17.6 Å². The molecule has 1 atom stereocenters. The fourth-order valence-corrected chi connectivity index (χ4v) is 4.43. The first-order valence-electron chi connectivity index (χ1n) is 10.6. The van der Waals surface area contributed by atoms with Gasteiger partial charge in [0.15, 0.2) is 5.96 Å². The number of rotatable bonds is 8. The Balaban J connectivity index is 0.00000272. The Bertz CT molecular complexity index is 923. The van der Waals surface area contributed by atoms with Crippen molar-refractivity contribution in [3.63, 3.8) is 0 Å². The number of nitrogens with zero attached hydrogens (tertiary/aromatic N) is 3. The van der Waals surface area contributed by atoms with E-state index < -0.39 is 0 Å². The third kappa shape index (κ3) is 6.54. The van der Waals surface area contributed by atoms with Crippen molar-refractivity contribution in [3.05, 3.63) is 65.4 Å². The molecule has 0 bridgehead atoms. The van der Waals surface area contributed by atoms with Crippen LogP contribution in [0.4, 0.5) is 0 Å². The largest absolute Gasteiger partial charge is 0.443 e. The van der Waals surface area contributed by atoms with Crippen LogP contribution in [-0.2, 0) is 6.54 Å². The zero-order valence-electron chi connectivity index (χ0n) is 17.8. The highest BCUT2D eigenvalue weighted by Crippen LogP contribution is 2.25. The van der Waals surface area contributed by atoms with Gasteiger partial charge >= 0.3 is 0 Å². The van der Waals surface area contributed by atoms with Crippen molar-refractivity contribution in [3.8, 4) is 10.8 Å². The van der Waals surface area contributed by atoms with E-state index in [2.05, 4.69) is 57.8 Å². The second-order valence-electron chi connectivity index (χ2n) is 7.37. The molecule has 8 heteroatoms. The topological polar surface area (TPSA) is 65.7 Å². The van der Waals surface area contributed by atoms with Crippen molar-refractivity contribution in [2.24, 2.45) is 4.99 Å². The summed E-state index contributed by atoms with van der Waals surface area (Å²) >= 11 is 1.62. The molecule has 1 fully saturated rings. The highest BCUT2D eigenvalue weighted by atomic mass is 127. The maximum atomic E-state index is 5.61. The van der Waals surface area contributed by atoms with Crippen LogP contribution in [0.5, 0.6) is 0 Å². The number of aromatic nitrogens is 1. The third-order valence-corrected chi connectivity index (χ3v) is 6.11. The summed E-state index contributed by atoms with van der Waals surface area (Å²) in [4.78, 5) is 12.9. The van der Waals surface area contributed by atoms with Crippen molar-refractivity contribution in [2.45, 2.75) is 32.4 Å². The second kappa shape index (κ2) is 12.2. The first-order valence-corrected chi connectivity index (χ1v) is 11.5. The van der Waals surface area contributed by atoms with Crippen LogP contribution < -0.4 is 10.6 Å². The van der Waals surface area contributed by atoms with E-state index in [0.29, 0.717) is 18.5 Å². The van der Waals surface area contributed by atoms with Gasteiger partial charge in [0.2, 0.25) is 5.89 Å². The van der Waals surface area contributed by atoms with Gasteiger partial charge in [0.1, 0.15) is 12.0 Å². The second-order valence-corrected chi connectivity index (χ2v) is 8.31. The standard InChI is InChI=1S/C23H29N5OS.HI/c1-2-24-23(25-15-19-17-29-22(27-19)21-11-8-14-30-21)26-16-20(28-12-6-7-13-28)18-9-4-3-5-10-18;/h3-5,8-11,14,17,20H,2,6-7,12-13,15-16H2,1H3,(H2,24,25,26);1H. The molecule has 0 amide bonds. The molecule has 1 aliphatic heterocycles. The number of nitrogens with one attached hydrogen (secondary N) is 2. The summed E-state index contributed by atoms with van der Waals surface area (Å²) in [7, 11) is 0. The Morgan fingerprint density at radius 1 is 1.16 bits per heavy atom. The first kappa shape index (κ1) is 23.7. The van der Waals surface area contributed by atoms with Crippen LogP contribution >= 0.6 is 35.3 Å². The quantitative estimate of drug-likeness (QED) is 0.237. The number of guanidine groups is 1. The molecular formula is C23H30IN5OS. The zero-order chi connectivity index (χ0) is 20.6. The molecule has 3 aromatic rings. The summed E-state index contributed by atoms with van der Waals surface area (Å²) < 4.78 is 5.61. The van der Waals surface area contributed by atoms with Crippen molar-refractivity contribution < 1.29 is 4.42 Å². The van der Waals surface area contributed by atoms with Crippen molar-refractivity contribution in [2.75, 3.05) is 26.2 Å². The number of aliphatic imine (C=N–C) groups is 1. The average Bonchev–Trinajstić information content (AvgIpc) is 3.55. The molecular weight excluding hydrogens is 521 g/mol. The van der Waals surface area contributed by atoms with Crippen LogP contribution in [0, 0.1) is 0 Å². The maximum absolute atomic E-state index is 5.61. The molecule has 31 heavy (non-hydrogen) atoms. The molecule has 6 nitrogen and oxygen atoms in total. The maximum Gasteiger partial charge on any atom is 0.236 e. The van der Waals surface area contributed by atoms with Crippen molar-refractivity contribution in [1.29, 1.82) is 0 Å². The van der Waals surface area contributed by atoms with Crippen molar-refractivity contribution >= 4 is 41.3 Å². The smallest absolute Gasteiger partial charge is 0.236 e. The molecule has 2 aromatic heterocycles. The van der Waals surface area contributed by atoms with E-state index >= 15 is 0 Å². The predicted octanol–water partition coefficient (Wildman–Crippen LogP) is 4.91. The number of oxazole rings is 1. The number of likely N-dealkylation sites (tertiary alicyclic amines) is 1. The Hall–Kier alpha value is -1.91. The SMILES string of the molecule is CCNC(=NCc1coc(-c2cccs2)n1)NCC(c1ccccc1)N1CCCC1.I. The van der Waals surface area contributed by atoms with Crippen LogP contribution in [0.3, 0.4) is 0 Å². The molecule has 1 saturated heterocycles. The summed E-state index contributed by atoms with van der Waals surface area (Å²) in [5, 5.41) is 8.91. The lowest BCUT2D eigenvalue weighted by Gasteiger charge is -2.29. The highest BCUT2D eigenvalue weighted by molar-refractivity contribution is 14.0. The molecule has 1 aromatic carbocycles. The van der Waals surface area contributed by atoms with E-state index in [0.717, 1.165) is 42.7 Å². The first-order chi connectivity index (χ1) is 14.8. The Kier molecular flexibility index (Phi) is 9.35. The number of hydrogen-bond donors (Lipinski definition) is 2. The predicted molar refractivity (Wildman–Crippen MR) is 138 cm³/mol. The molecule has 166 valence electrons. The minimum atomic E-state index is 0. The van der Waals surface area contributed by atoms with Gasteiger partial charge in [-0.1, -0.05) is 36.4 Å². The summed E-state index contributed by atoms with van der Waals surface area (Å²) in [6.45, 7) is 6.49. The van der Waals surface area contributed by atoms with Gasteiger partial charge < -0.3 is 15.1 Å². The van der Waals surface area contributed by atoms with E-state index in [1.807, 2.05) is 17.5 Å². The average molecular weight is 551 g/mol. The van der Waals surface area contributed by atoms with Gasteiger partial charge in [0.25, 0.3) is 0 Å². The van der Waals surface area contributed by atoms with Crippen LogP contribution in [0.2, 0.25) is 0 Å². The van der Waals surface area contributed by atoms with Crippen LogP contribution in [0.1, 0.15) is 37.1 Å². The van der Waals surface area contributed by atoms with Crippen molar-refractivity contribution in [1.82, 2.24) is 20.5 Å². The van der Waals surface area contributed by atoms with Crippen LogP contribution in [-0.4, -0.2) is 42.0 Å². The van der Waals surface area contributed by atoms with Gasteiger partial charge in [-0.2, -0.15) is 0 Å². The Morgan fingerprint density at radius 2 is 1.97 bits per heavy atom. The lowest BCUT2D eigenvalue weighted by atomic mass is 10.1. The van der Waals surface area contributed by atoms with E-state index in [-0.39, 0.29) is 24.0 Å². The molecule has 0 spiro atoms. The van der Waals surface area contributed by atoms with Gasteiger partial charge in [0, 0.05) is 13.1 Å². The summed E-state index contributed by atoms with van der Waals surface area (Å²) in [6.07, 6.45) is 4.24. The molecule has 3 heterocycles. The number of thiophene rings is 1. The number of hydrogen-bond acceptors (Lipinski definition) is 5. The minimum absolute atomic E-state index is 0. The van der Waals surface area contributed by atoms with Gasteiger partial charge in [0.05, 0.1) is 17.5 Å². The van der Waals surface area contributed by atoms with Crippen LogP contribution in [0.25, 0.3) is 10.8 Å². The van der Waals surface area contributed by atoms with E-state index in [1.165, 1.54) is 18.4 Å². The molecule has 0 aliphatic carbocycles. The van der Waals surface area contributed by atoms with Gasteiger partial charge in [-0.25, -0.2) is 9.98 Å². The highest BCUT2D eigenvalue weighted by Gasteiger charge is 2.23. The summed E-state index contributed by atoms with van der Waals surface area (Å²) in [6, 6.07) is 15.1. The lowest BCUT2D eigenvalue weighted by Crippen LogP contribution is -2.42. The lowest BCUT2D eigenvalue weighted by molar-refractivity contribution is 0.245. The molecule has 0 saturated carbocycles. The number of halogens is 1. The fraction of sp³-hybridized carbons (Fsp3) is 0.391. The van der Waals surface area contributed by atoms with Gasteiger partial charge in [-0.05, 0) is 49.9 Å². The van der Waals surface area contributed by atoms with E-state index in [4.69, 9.17) is 9.41 Å². The minimum Gasteiger partial charge on any atom is -0.443 e. The molecule has 2 N–H and O–H groups in total. The molecule has 1 aliphatic rings. The molecule has 1 unspecified atom stereocenters. The summed E-state index contributed by atoms with van der Waals surface area (Å²) in [5.41, 5.74) is 2.18. The summed E-state index contributed by atoms with van der Waals surface area (Å²) in [5.74, 6) is 1.46. The number of benzene rings is 1. The Labute approximate surface area is 205 Å². The monoisotopic (exact) mass is 551 g/mol. The molecule has 0 radical (unpaired) electrons. The van der Waals surface area contributed by atoms with Crippen LogP contribution in [0.15, 0.2) is 63.5 Å². The van der Waals surface area contributed by atoms with Gasteiger partial charge in [-0.15, -0.1) is 35.3 Å².